The van der Waals surface area contributed by atoms with E-state index in [9.17, 15) is 4.79 Å². The zero-order valence-electron chi connectivity index (χ0n) is 16.4. The van der Waals surface area contributed by atoms with Gasteiger partial charge in [-0.25, -0.2) is 9.97 Å². The molecule has 0 unspecified atom stereocenters. The second-order valence-electron chi connectivity index (χ2n) is 6.69. The molecule has 4 rings (SSSR count). The molecule has 0 aliphatic rings. The number of nitrogens with zero attached hydrogens (tertiary/aromatic N) is 5. The van der Waals surface area contributed by atoms with E-state index in [1.54, 1.807) is 35.4 Å². The van der Waals surface area contributed by atoms with Gasteiger partial charge in [0.25, 0.3) is 11.8 Å². The summed E-state index contributed by atoms with van der Waals surface area (Å²) in [6.45, 7) is 5.99. The molecule has 146 valence electrons. The number of rotatable bonds is 5. The zero-order chi connectivity index (χ0) is 20.4. The van der Waals surface area contributed by atoms with Crippen molar-refractivity contribution in [1.29, 1.82) is 0 Å². The second-order valence-corrected chi connectivity index (χ2v) is 6.69. The van der Waals surface area contributed by atoms with Crippen molar-refractivity contribution in [2.24, 2.45) is 0 Å². The summed E-state index contributed by atoms with van der Waals surface area (Å²) >= 11 is 0. The normalized spacial score (nSPS) is 10.9. The lowest BCUT2D eigenvalue weighted by Crippen LogP contribution is -2.12. The Bertz CT molecular complexity index is 1180. The number of benzene rings is 1. The standard InChI is InChI=1S/C21H20N6O2/c1-4-18-25-21(29-26-18)15-7-8-22-19(10-15)27-11-17(23-12-27)20(28)24-16-6-5-13(2)14(3)9-16/h5-12H,4H2,1-3H3,(H,24,28). The van der Waals surface area contributed by atoms with E-state index in [1.807, 2.05) is 39.0 Å². The van der Waals surface area contributed by atoms with Gasteiger partial charge in [0.2, 0.25) is 0 Å². The lowest BCUT2D eigenvalue weighted by Gasteiger charge is -2.06. The molecule has 1 aromatic carbocycles. The minimum atomic E-state index is -0.285. The molecule has 0 saturated heterocycles. The predicted molar refractivity (Wildman–Crippen MR) is 108 cm³/mol. The number of carbonyl (C=O) groups excluding carboxylic acids is 1. The van der Waals surface area contributed by atoms with Gasteiger partial charge in [-0.05, 0) is 49.2 Å². The van der Waals surface area contributed by atoms with Crippen molar-refractivity contribution < 1.29 is 9.32 Å². The van der Waals surface area contributed by atoms with Gasteiger partial charge in [-0.1, -0.05) is 18.1 Å². The summed E-state index contributed by atoms with van der Waals surface area (Å²) in [7, 11) is 0. The van der Waals surface area contributed by atoms with Gasteiger partial charge in [-0.15, -0.1) is 0 Å². The molecule has 0 radical (unpaired) electrons. The molecule has 29 heavy (non-hydrogen) atoms. The van der Waals surface area contributed by atoms with E-state index < -0.39 is 0 Å². The van der Waals surface area contributed by atoms with Crippen molar-refractivity contribution in [2.45, 2.75) is 27.2 Å². The highest BCUT2D eigenvalue weighted by Crippen LogP contribution is 2.20. The van der Waals surface area contributed by atoms with Crippen LogP contribution in [0.15, 0.2) is 53.6 Å². The molecular weight excluding hydrogens is 368 g/mol. The number of amides is 1. The van der Waals surface area contributed by atoms with Gasteiger partial charge in [0.1, 0.15) is 17.8 Å². The first-order valence-electron chi connectivity index (χ1n) is 9.25. The van der Waals surface area contributed by atoms with Crippen molar-refractivity contribution in [3.05, 3.63) is 71.7 Å². The summed E-state index contributed by atoms with van der Waals surface area (Å²) in [5.41, 5.74) is 4.06. The number of hydrogen-bond acceptors (Lipinski definition) is 6. The summed E-state index contributed by atoms with van der Waals surface area (Å²) < 4.78 is 6.96. The maximum atomic E-state index is 12.5. The van der Waals surface area contributed by atoms with Gasteiger partial charge in [-0.3, -0.25) is 9.36 Å². The van der Waals surface area contributed by atoms with Crippen LogP contribution in [-0.2, 0) is 6.42 Å². The van der Waals surface area contributed by atoms with Crippen LogP contribution < -0.4 is 5.32 Å². The van der Waals surface area contributed by atoms with Crippen molar-refractivity contribution in [1.82, 2.24) is 24.7 Å². The minimum absolute atomic E-state index is 0.285. The Morgan fingerprint density at radius 2 is 2.00 bits per heavy atom. The number of hydrogen-bond donors (Lipinski definition) is 1. The maximum absolute atomic E-state index is 12.5. The average Bonchev–Trinajstić information content (AvgIpc) is 3.41. The Balaban J connectivity index is 1.54. The summed E-state index contributed by atoms with van der Waals surface area (Å²) in [5, 5.41) is 6.78. The van der Waals surface area contributed by atoms with Gasteiger partial charge < -0.3 is 9.84 Å². The van der Waals surface area contributed by atoms with Crippen LogP contribution in [-0.4, -0.2) is 30.6 Å². The van der Waals surface area contributed by atoms with Gasteiger partial charge in [0, 0.05) is 30.1 Å². The van der Waals surface area contributed by atoms with E-state index in [4.69, 9.17) is 4.52 Å². The third kappa shape index (κ3) is 3.91. The van der Waals surface area contributed by atoms with E-state index in [0.717, 1.165) is 16.8 Å². The predicted octanol–water partition coefficient (Wildman–Crippen LogP) is 3.75. The van der Waals surface area contributed by atoms with Gasteiger partial charge >= 0.3 is 0 Å². The number of pyridine rings is 1. The fourth-order valence-electron chi connectivity index (χ4n) is 2.79. The third-order valence-corrected chi connectivity index (χ3v) is 4.62. The van der Waals surface area contributed by atoms with Gasteiger partial charge in [0.05, 0.1) is 0 Å². The maximum Gasteiger partial charge on any atom is 0.275 e. The number of carbonyl (C=O) groups is 1. The Hall–Kier alpha value is -3.81. The highest BCUT2D eigenvalue weighted by atomic mass is 16.5. The fraction of sp³-hybridized carbons (Fsp3) is 0.190. The van der Waals surface area contributed by atoms with E-state index >= 15 is 0 Å². The molecule has 0 aliphatic carbocycles. The topological polar surface area (TPSA) is 98.7 Å². The molecule has 1 amide bonds. The van der Waals surface area contributed by atoms with Crippen molar-refractivity contribution in [3.8, 4) is 17.3 Å². The average molecular weight is 388 g/mol. The van der Waals surface area contributed by atoms with Crippen LogP contribution in [0.3, 0.4) is 0 Å². The first-order valence-corrected chi connectivity index (χ1v) is 9.25. The summed E-state index contributed by atoms with van der Waals surface area (Å²) in [4.78, 5) is 25.4. The van der Waals surface area contributed by atoms with Crippen molar-refractivity contribution in [2.75, 3.05) is 5.32 Å². The molecular formula is C21H20N6O2. The van der Waals surface area contributed by atoms with Crippen LogP contribution in [0, 0.1) is 13.8 Å². The Kier molecular flexibility index (Phi) is 4.90. The largest absolute Gasteiger partial charge is 0.334 e. The lowest BCUT2D eigenvalue weighted by molar-refractivity contribution is 0.102. The van der Waals surface area contributed by atoms with E-state index in [1.165, 1.54) is 5.56 Å². The number of aryl methyl sites for hydroxylation is 3. The first kappa shape index (κ1) is 18.5. The van der Waals surface area contributed by atoms with Gasteiger partial charge in [-0.2, -0.15) is 4.98 Å². The van der Waals surface area contributed by atoms with Crippen LogP contribution in [0.25, 0.3) is 17.3 Å². The van der Waals surface area contributed by atoms with E-state index in [2.05, 4.69) is 25.4 Å². The smallest absolute Gasteiger partial charge is 0.275 e. The molecule has 0 fully saturated rings. The number of imidazole rings is 1. The molecule has 0 aliphatic heterocycles. The molecule has 0 bridgehead atoms. The molecule has 3 heterocycles. The molecule has 4 aromatic rings. The molecule has 8 heteroatoms. The van der Waals surface area contributed by atoms with Crippen LogP contribution in [0.4, 0.5) is 5.69 Å². The zero-order valence-corrected chi connectivity index (χ0v) is 16.4. The van der Waals surface area contributed by atoms with Crippen LogP contribution in [0.1, 0.15) is 34.4 Å². The van der Waals surface area contributed by atoms with E-state index in [0.29, 0.717) is 29.6 Å². The molecule has 0 spiro atoms. The fourth-order valence-corrected chi connectivity index (χ4v) is 2.79. The molecule has 0 atom stereocenters. The van der Waals surface area contributed by atoms with Crippen LogP contribution >= 0.6 is 0 Å². The lowest BCUT2D eigenvalue weighted by atomic mass is 10.1. The summed E-state index contributed by atoms with van der Waals surface area (Å²) in [6, 6.07) is 9.38. The number of aromatic nitrogens is 5. The Morgan fingerprint density at radius 3 is 2.76 bits per heavy atom. The highest BCUT2D eigenvalue weighted by molar-refractivity contribution is 6.02. The van der Waals surface area contributed by atoms with Gasteiger partial charge in [0.15, 0.2) is 5.82 Å². The monoisotopic (exact) mass is 388 g/mol. The minimum Gasteiger partial charge on any atom is -0.334 e. The highest BCUT2D eigenvalue weighted by Gasteiger charge is 2.13. The second kappa shape index (κ2) is 7.67. The van der Waals surface area contributed by atoms with Crippen LogP contribution in [0.2, 0.25) is 0 Å². The summed E-state index contributed by atoms with van der Waals surface area (Å²) in [6.07, 6.45) is 5.53. The molecule has 3 aromatic heterocycles. The van der Waals surface area contributed by atoms with Crippen molar-refractivity contribution >= 4 is 11.6 Å². The quantitative estimate of drug-likeness (QED) is 0.559. The van der Waals surface area contributed by atoms with Crippen LogP contribution in [0.5, 0.6) is 0 Å². The molecule has 0 saturated carbocycles. The number of nitrogens with one attached hydrogen (secondary N) is 1. The SMILES string of the molecule is CCc1noc(-c2ccnc(-n3cnc(C(=O)Nc4ccc(C)c(C)c4)c3)c2)n1. The molecule has 1 N–H and O–H groups in total. The third-order valence-electron chi connectivity index (χ3n) is 4.62. The van der Waals surface area contributed by atoms with E-state index in [-0.39, 0.29) is 5.91 Å². The Labute approximate surface area is 167 Å². The summed E-state index contributed by atoms with van der Waals surface area (Å²) in [5.74, 6) is 1.38. The Morgan fingerprint density at radius 1 is 1.14 bits per heavy atom. The van der Waals surface area contributed by atoms with Crippen molar-refractivity contribution in [3.63, 3.8) is 0 Å². The molecule has 8 nitrogen and oxygen atoms in total. The first-order chi connectivity index (χ1) is 14.0. The number of anilines is 1.